The van der Waals surface area contributed by atoms with Gasteiger partial charge in [-0.15, -0.1) is 0 Å². The minimum Gasteiger partial charge on any atom is -0.454 e. The maximum Gasteiger partial charge on any atom is 0.409 e. The van der Waals surface area contributed by atoms with E-state index in [4.69, 9.17) is 14.2 Å². The Labute approximate surface area is 163 Å². The number of fused-ring (bicyclic) bond motifs is 1. The van der Waals surface area contributed by atoms with Crippen LogP contribution < -0.4 is 19.7 Å². The smallest absolute Gasteiger partial charge is 0.409 e. The Kier molecular flexibility index (Phi) is 5.05. The van der Waals surface area contributed by atoms with Crippen LogP contribution in [0.15, 0.2) is 24.3 Å². The minimum atomic E-state index is -0.258. The lowest BCUT2D eigenvalue weighted by molar-refractivity contribution is 0.105. The van der Waals surface area contributed by atoms with E-state index in [0.717, 1.165) is 17.3 Å². The van der Waals surface area contributed by atoms with Crippen molar-refractivity contribution in [1.82, 2.24) is 14.9 Å². The van der Waals surface area contributed by atoms with E-state index in [9.17, 15) is 4.79 Å². The van der Waals surface area contributed by atoms with Crippen LogP contribution in [0.2, 0.25) is 0 Å². The summed E-state index contributed by atoms with van der Waals surface area (Å²) in [6.45, 7) is 6.90. The Hall–Kier alpha value is -3.23. The Bertz CT molecular complexity index is 867. The molecule has 9 nitrogen and oxygen atoms in total. The normalized spacial score (nSPS) is 15.5. The summed E-state index contributed by atoms with van der Waals surface area (Å²) in [5, 5.41) is 3.30. The Morgan fingerprint density at radius 1 is 1.14 bits per heavy atom. The number of anilines is 3. The second-order valence-corrected chi connectivity index (χ2v) is 6.52. The molecule has 0 unspecified atom stereocenters. The molecule has 0 spiro atoms. The molecular formula is C19H23N5O4. The third-order valence-corrected chi connectivity index (χ3v) is 4.60. The number of aromatic nitrogens is 2. The van der Waals surface area contributed by atoms with Gasteiger partial charge in [0.1, 0.15) is 17.5 Å². The van der Waals surface area contributed by atoms with Gasteiger partial charge in [-0.3, -0.25) is 0 Å². The number of rotatable bonds is 4. The van der Waals surface area contributed by atoms with Crippen LogP contribution in [0.4, 0.5) is 22.1 Å². The molecule has 9 heteroatoms. The van der Waals surface area contributed by atoms with Crippen LogP contribution in [-0.2, 0) is 4.74 Å². The van der Waals surface area contributed by atoms with E-state index in [1.807, 2.05) is 38.1 Å². The summed E-state index contributed by atoms with van der Waals surface area (Å²) >= 11 is 0. The quantitative estimate of drug-likeness (QED) is 0.859. The number of hydrogen-bond donors (Lipinski definition) is 1. The van der Waals surface area contributed by atoms with Crippen molar-refractivity contribution in [1.29, 1.82) is 0 Å². The van der Waals surface area contributed by atoms with E-state index in [1.54, 1.807) is 4.90 Å². The first-order valence-corrected chi connectivity index (χ1v) is 9.31. The van der Waals surface area contributed by atoms with E-state index < -0.39 is 0 Å². The second kappa shape index (κ2) is 7.79. The van der Waals surface area contributed by atoms with Gasteiger partial charge in [-0.2, -0.15) is 0 Å². The molecular weight excluding hydrogens is 362 g/mol. The number of nitrogens with zero attached hydrogens (tertiary/aromatic N) is 4. The summed E-state index contributed by atoms with van der Waals surface area (Å²) in [4.78, 5) is 24.8. The number of amides is 1. The molecule has 0 bridgehead atoms. The highest BCUT2D eigenvalue weighted by Crippen LogP contribution is 2.35. The average molecular weight is 385 g/mol. The van der Waals surface area contributed by atoms with Crippen molar-refractivity contribution >= 4 is 23.4 Å². The van der Waals surface area contributed by atoms with Gasteiger partial charge < -0.3 is 29.3 Å². The van der Waals surface area contributed by atoms with Crippen LogP contribution in [0.3, 0.4) is 0 Å². The molecule has 0 atom stereocenters. The van der Waals surface area contributed by atoms with Gasteiger partial charge in [0.25, 0.3) is 0 Å². The first-order valence-electron chi connectivity index (χ1n) is 9.31. The third kappa shape index (κ3) is 3.88. The largest absolute Gasteiger partial charge is 0.454 e. The number of benzene rings is 1. The number of nitrogens with one attached hydrogen (secondary N) is 1. The average Bonchev–Trinajstić information content (AvgIpc) is 3.16. The molecule has 0 saturated carbocycles. The van der Waals surface area contributed by atoms with Gasteiger partial charge in [-0.25, -0.2) is 14.8 Å². The van der Waals surface area contributed by atoms with Gasteiger partial charge in [0.2, 0.25) is 6.79 Å². The molecule has 1 aromatic carbocycles. The third-order valence-electron chi connectivity index (χ3n) is 4.60. The van der Waals surface area contributed by atoms with Gasteiger partial charge >= 0.3 is 6.09 Å². The van der Waals surface area contributed by atoms with Gasteiger partial charge in [-0.1, -0.05) is 0 Å². The molecule has 4 rings (SSSR count). The highest BCUT2D eigenvalue weighted by molar-refractivity contribution is 5.68. The maximum atomic E-state index is 11.9. The SMILES string of the molecule is CCOC(=O)N1CCN(c2cc(Nc3ccc4c(c3)OCO4)nc(C)n2)CC1. The molecule has 1 saturated heterocycles. The Morgan fingerprint density at radius 2 is 1.93 bits per heavy atom. The second-order valence-electron chi connectivity index (χ2n) is 6.52. The van der Waals surface area contributed by atoms with Crippen LogP contribution in [0.5, 0.6) is 11.5 Å². The summed E-state index contributed by atoms with van der Waals surface area (Å²) in [5.41, 5.74) is 0.862. The number of carbonyl (C=O) groups excluding carboxylic acids is 1. The lowest BCUT2D eigenvalue weighted by atomic mass is 10.2. The maximum absolute atomic E-state index is 11.9. The van der Waals surface area contributed by atoms with Crippen LogP contribution in [-0.4, -0.2) is 60.5 Å². The van der Waals surface area contributed by atoms with Crippen molar-refractivity contribution in [3.63, 3.8) is 0 Å². The Balaban J connectivity index is 1.45. The lowest BCUT2D eigenvalue weighted by Gasteiger charge is -2.34. The molecule has 148 valence electrons. The fourth-order valence-electron chi connectivity index (χ4n) is 3.23. The first-order chi connectivity index (χ1) is 13.6. The highest BCUT2D eigenvalue weighted by Gasteiger charge is 2.23. The molecule has 1 aromatic heterocycles. The zero-order valence-corrected chi connectivity index (χ0v) is 16.0. The van der Waals surface area contributed by atoms with Crippen LogP contribution >= 0.6 is 0 Å². The zero-order chi connectivity index (χ0) is 19.5. The van der Waals surface area contributed by atoms with Crippen molar-refractivity contribution in [2.75, 3.05) is 49.8 Å². The predicted molar refractivity (Wildman–Crippen MR) is 103 cm³/mol. The summed E-state index contributed by atoms with van der Waals surface area (Å²) in [7, 11) is 0. The van der Waals surface area contributed by atoms with Gasteiger partial charge in [0.05, 0.1) is 6.61 Å². The Morgan fingerprint density at radius 3 is 2.71 bits per heavy atom. The monoisotopic (exact) mass is 385 g/mol. The fourth-order valence-corrected chi connectivity index (χ4v) is 3.23. The number of ether oxygens (including phenoxy) is 3. The molecule has 1 N–H and O–H groups in total. The van der Waals surface area contributed by atoms with Gasteiger partial charge in [0, 0.05) is 44.0 Å². The molecule has 3 heterocycles. The van der Waals surface area contributed by atoms with Crippen LogP contribution in [0, 0.1) is 6.92 Å². The summed E-state index contributed by atoms with van der Waals surface area (Å²) in [5.74, 6) is 3.66. The summed E-state index contributed by atoms with van der Waals surface area (Å²) in [6, 6.07) is 7.59. The molecule has 28 heavy (non-hydrogen) atoms. The van der Waals surface area contributed by atoms with Crippen molar-refractivity contribution in [3.8, 4) is 11.5 Å². The van der Waals surface area contributed by atoms with Crippen molar-refractivity contribution in [2.45, 2.75) is 13.8 Å². The summed E-state index contributed by atoms with van der Waals surface area (Å²) < 4.78 is 15.8. The fraction of sp³-hybridized carbons (Fsp3) is 0.421. The van der Waals surface area contributed by atoms with Crippen LogP contribution in [0.25, 0.3) is 0 Å². The van der Waals surface area contributed by atoms with Crippen molar-refractivity contribution in [3.05, 3.63) is 30.1 Å². The van der Waals surface area contributed by atoms with E-state index >= 15 is 0 Å². The number of aryl methyl sites for hydroxylation is 1. The van der Waals surface area contributed by atoms with E-state index in [1.165, 1.54) is 0 Å². The van der Waals surface area contributed by atoms with Crippen LogP contribution in [0.1, 0.15) is 12.7 Å². The molecule has 1 amide bonds. The lowest BCUT2D eigenvalue weighted by Crippen LogP contribution is -2.49. The molecule has 2 aliphatic heterocycles. The zero-order valence-electron chi connectivity index (χ0n) is 16.0. The van der Waals surface area contributed by atoms with E-state index in [-0.39, 0.29) is 12.9 Å². The standard InChI is InChI=1S/C19H23N5O4/c1-3-26-19(25)24-8-6-23(7-9-24)18-11-17(20-13(2)21-18)22-14-4-5-15-16(10-14)28-12-27-15/h4-5,10-11H,3,6-9,12H2,1-2H3,(H,20,21,22). The van der Waals surface area contributed by atoms with E-state index in [0.29, 0.717) is 50.2 Å². The number of piperazine rings is 1. The van der Waals surface area contributed by atoms with Gasteiger partial charge in [0.15, 0.2) is 11.5 Å². The van der Waals surface area contributed by atoms with E-state index in [2.05, 4.69) is 20.2 Å². The molecule has 1 fully saturated rings. The molecule has 0 aliphatic carbocycles. The molecule has 0 radical (unpaired) electrons. The topological polar surface area (TPSA) is 89.1 Å². The van der Waals surface area contributed by atoms with Gasteiger partial charge in [-0.05, 0) is 26.0 Å². The number of hydrogen-bond acceptors (Lipinski definition) is 8. The van der Waals surface area contributed by atoms with Crippen molar-refractivity contribution < 1.29 is 19.0 Å². The predicted octanol–water partition coefficient (Wildman–Crippen LogP) is 2.54. The number of carbonyl (C=O) groups is 1. The van der Waals surface area contributed by atoms with Crippen molar-refractivity contribution in [2.24, 2.45) is 0 Å². The first kappa shape index (κ1) is 18.1. The minimum absolute atomic E-state index is 0.243. The summed E-state index contributed by atoms with van der Waals surface area (Å²) in [6.07, 6.45) is -0.258. The molecule has 2 aliphatic rings. The molecule has 2 aromatic rings. The highest BCUT2D eigenvalue weighted by atomic mass is 16.7.